The van der Waals surface area contributed by atoms with Crippen molar-refractivity contribution in [1.29, 1.82) is 0 Å². The van der Waals surface area contributed by atoms with Gasteiger partial charge < -0.3 is 4.90 Å². The van der Waals surface area contributed by atoms with Gasteiger partial charge in [-0.3, -0.25) is 9.48 Å². The van der Waals surface area contributed by atoms with E-state index in [0.717, 1.165) is 55.7 Å². The topological polar surface area (TPSA) is 38.1 Å². The molecule has 0 atom stereocenters. The second-order valence-corrected chi connectivity index (χ2v) is 6.21. The summed E-state index contributed by atoms with van der Waals surface area (Å²) in [5.41, 5.74) is 3.16. The number of rotatable bonds is 4. The van der Waals surface area contributed by atoms with Gasteiger partial charge in [0.2, 0.25) is 0 Å². The molecule has 1 aromatic heterocycles. The average Bonchev–Trinajstić information content (AvgIpc) is 3.26. The molecule has 0 N–H and O–H groups in total. The predicted octanol–water partition coefficient (Wildman–Crippen LogP) is 2.88. The van der Waals surface area contributed by atoms with Crippen LogP contribution in [-0.2, 0) is 13.5 Å². The molecule has 4 heteroatoms. The summed E-state index contributed by atoms with van der Waals surface area (Å²) < 4.78 is 1.95. The molecule has 1 amide bonds. The number of hydrogen-bond acceptors (Lipinski definition) is 2. The second kappa shape index (κ2) is 5.58. The molecule has 1 saturated heterocycles. The number of hydrogen-bond donors (Lipinski definition) is 0. The summed E-state index contributed by atoms with van der Waals surface area (Å²) in [6.07, 6.45) is 7.95. The van der Waals surface area contributed by atoms with Crippen LogP contribution in [0.5, 0.6) is 0 Å². The molecule has 2 fully saturated rings. The lowest BCUT2D eigenvalue weighted by Gasteiger charge is -2.27. The Morgan fingerprint density at radius 2 is 1.95 bits per heavy atom. The van der Waals surface area contributed by atoms with E-state index in [1.807, 2.05) is 16.6 Å². The van der Waals surface area contributed by atoms with Gasteiger partial charge in [-0.05, 0) is 38.5 Å². The smallest absolute Gasteiger partial charge is 0.257 e. The molecule has 20 heavy (non-hydrogen) atoms. The summed E-state index contributed by atoms with van der Waals surface area (Å²) in [5.74, 6) is 0.777. The molecule has 4 nitrogen and oxygen atoms in total. The number of piperidine rings is 1. The molecule has 0 spiro atoms. The van der Waals surface area contributed by atoms with Crippen LogP contribution >= 0.6 is 0 Å². The second-order valence-electron chi connectivity index (χ2n) is 6.21. The van der Waals surface area contributed by atoms with E-state index in [9.17, 15) is 4.79 Å². The van der Waals surface area contributed by atoms with E-state index in [2.05, 4.69) is 12.0 Å². The van der Waals surface area contributed by atoms with E-state index in [4.69, 9.17) is 0 Å². The van der Waals surface area contributed by atoms with E-state index in [-0.39, 0.29) is 5.91 Å². The van der Waals surface area contributed by atoms with Gasteiger partial charge in [-0.15, -0.1) is 0 Å². The fourth-order valence-electron chi connectivity index (χ4n) is 3.24. The van der Waals surface area contributed by atoms with E-state index < -0.39 is 0 Å². The lowest BCUT2D eigenvalue weighted by Crippen LogP contribution is -2.36. The lowest BCUT2D eigenvalue weighted by atomic mass is 10.0. The number of aryl methyl sites for hydroxylation is 1. The molecule has 1 aromatic rings. The van der Waals surface area contributed by atoms with Crippen molar-refractivity contribution < 1.29 is 4.79 Å². The molecule has 0 bridgehead atoms. The Labute approximate surface area is 121 Å². The molecular formula is C16H25N3O. The third-order valence-electron chi connectivity index (χ3n) is 4.50. The van der Waals surface area contributed by atoms with Crippen LogP contribution in [0.3, 0.4) is 0 Å². The Balaban J connectivity index is 1.94. The monoisotopic (exact) mass is 275 g/mol. The summed E-state index contributed by atoms with van der Waals surface area (Å²) in [5, 5.41) is 4.68. The Hall–Kier alpha value is -1.32. The van der Waals surface area contributed by atoms with Gasteiger partial charge in [-0.25, -0.2) is 0 Å². The van der Waals surface area contributed by atoms with Crippen LogP contribution in [0.2, 0.25) is 0 Å². The molecule has 0 unspecified atom stereocenters. The fraction of sp³-hybridized carbons (Fsp3) is 0.750. The van der Waals surface area contributed by atoms with Gasteiger partial charge in [0.15, 0.2) is 0 Å². The highest BCUT2D eigenvalue weighted by molar-refractivity contribution is 5.97. The van der Waals surface area contributed by atoms with Gasteiger partial charge in [0, 0.05) is 26.1 Å². The molecular weight excluding hydrogens is 250 g/mol. The molecule has 0 aromatic carbocycles. The number of aromatic nitrogens is 2. The molecule has 2 aliphatic rings. The SMILES string of the molecule is CCCc1c(C(=O)N2CCCCC2)c(C2CC2)nn1C. The summed E-state index contributed by atoms with van der Waals surface area (Å²) in [6.45, 7) is 4.01. The summed E-state index contributed by atoms with van der Waals surface area (Å²) >= 11 is 0. The van der Waals surface area contributed by atoms with Crippen molar-refractivity contribution in [1.82, 2.24) is 14.7 Å². The summed E-state index contributed by atoms with van der Waals surface area (Å²) in [6, 6.07) is 0. The maximum atomic E-state index is 12.9. The largest absolute Gasteiger partial charge is 0.339 e. The quantitative estimate of drug-likeness (QED) is 0.847. The molecule has 1 aliphatic heterocycles. The normalized spacial score (nSPS) is 19.4. The fourth-order valence-corrected chi connectivity index (χ4v) is 3.24. The predicted molar refractivity (Wildman–Crippen MR) is 78.9 cm³/mol. The van der Waals surface area contributed by atoms with Crippen molar-refractivity contribution in [2.24, 2.45) is 7.05 Å². The number of likely N-dealkylation sites (tertiary alicyclic amines) is 1. The highest BCUT2D eigenvalue weighted by Crippen LogP contribution is 2.42. The third kappa shape index (κ3) is 2.48. The zero-order valence-electron chi connectivity index (χ0n) is 12.7. The standard InChI is InChI=1S/C16H25N3O/c1-3-7-13-14(15(12-8-9-12)17-18(13)2)16(20)19-10-5-4-6-11-19/h12H,3-11H2,1-2H3. The maximum Gasteiger partial charge on any atom is 0.257 e. The van der Waals surface area contributed by atoms with Crippen LogP contribution in [0.25, 0.3) is 0 Å². The first kappa shape index (κ1) is 13.7. The minimum absolute atomic E-state index is 0.239. The number of amides is 1. The van der Waals surface area contributed by atoms with Crippen LogP contribution in [0.15, 0.2) is 0 Å². The number of carbonyl (C=O) groups is 1. The lowest BCUT2D eigenvalue weighted by molar-refractivity contribution is 0.0722. The number of nitrogens with zero attached hydrogens (tertiary/aromatic N) is 3. The van der Waals surface area contributed by atoms with Crippen LogP contribution in [-0.4, -0.2) is 33.7 Å². The minimum atomic E-state index is 0.239. The van der Waals surface area contributed by atoms with Crippen LogP contribution < -0.4 is 0 Å². The molecule has 1 aliphatic carbocycles. The molecule has 1 saturated carbocycles. The third-order valence-corrected chi connectivity index (χ3v) is 4.50. The van der Waals surface area contributed by atoms with E-state index >= 15 is 0 Å². The van der Waals surface area contributed by atoms with Crippen LogP contribution in [0.1, 0.15) is 73.1 Å². The summed E-state index contributed by atoms with van der Waals surface area (Å²) in [7, 11) is 1.99. The Morgan fingerprint density at radius 3 is 2.55 bits per heavy atom. The molecule has 2 heterocycles. The van der Waals surface area contributed by atoms with E-state index in [1.165, 1.54) is 19.3 Å². The minimum Gasteiger partial charge on any atom is -0.339 e. The zero-order valence-corrected chi connectivity index (χ0v) is 12.7. The van der Waals surface area contributed by atoms with Crippen molar-refractivity contribution in [2.45, 2.75) is 57.8 Å². The van der Waals surface area contributed by atoms with Crippen LogP contribution in [0.4, 0.5) is 0 Å². The highest BCUT2D eigenvalue weighted by Gasteiger charge is 2.35. The Morgan fingerprint density at radius 1 is 1.25 bits per heavy atom. The van der Waals surface area contributed by atoms with E-state index in [0.29, 0.717) is 5.92 Å². The Kier molecular flexibility index (Phi) is 3.81. The van der Waals surface area contributed by atoms with Gasteiger partial charge in [0.1, 0.15) is 0 Å². The number of carbonyl (C=O) groups excluding carboxylic acids is 1. The summed E-state index contributed by atoms with van der Waals surface area (Å²) in [4.78, 5) is 15.0. The van der Waals surface area contributed by atoms with Crippen molar-refractivity contribution in [2.75, 3.05) is 13.1 Å². The van der Waals surface area contributed by atoms with Crippen molar-refractivity contribution >= 4 is 5.91 Å². The first-order valence-electron chi connectivity index (χ1n) is 8.07. The maximum absolute atomic E-state index is 12.9. The van der Waals surface area contributed by atoms with Gasteiger partial charge in [0.05, 0.1) is 17.0 Å². The molecule has 110 valence electrons. The highest BCUT2D eigenvalue weighted by atomic mass is 16.2. The van der Waals surface area contributed by atoms with Gasteiger partial charge in [-0.1, -0.05) is 13.3 Å². The van der Waals surface area contributed by atoms with Gasteiger partial charge in [0.25, 0.3) is 5.91 Å². The zero-order chi connectivity index (χ0) is 14.1. The molecule has 0 radical (unpaired) electrons. The average molecular weight is 275 g/mol. The van der Waals surface area contributed by atoms with Crippen molar-refractivity contribution in [3.05, 3.63) is 17.0 Å². The van der Waals surface area contributed by atoms with Gasteiger partial charge in [-0.2, -0.15) is 5.10 Å². The van der Waals surface area contributed by atoms with Crippen molar-refractivity contribution in [3.8, 4) is 0 Å². The molecule has 3 rings (SSSR count). The first-order valence-corrected chi connectivity index (χ1v) is 8.07. The Bertz CT molecular complexity index is 496. The van der Waals surface area contributed by atoms with E-state index in [1.54, 1.807) is 0 Å². The first-order chi connectivity index (χ1) is 9.72. The van der Waals surface area contributed by atoms with Crippen LogP contribution in [0, 0.1) is 0 Å². The van der Waals surface area contributed by atoms with Gasteiger partial charge >= 0.3 is 0 Å². The van der Waals surface area contributed by atoms with Crippen molar-refractivity contribution in [3.63, 3.8) is 0 Å².